The van der Waals surface area contributed by atoms with Gasteiger partial charge in [0.05, 0.1) is 24.8 Å². The molecule has 1 unspecified atom stereocenters. The number of nitrogens with one attached hydrogen (secondary N) is 1. The fraction of sp³-hybridized carbons (Fsp3) is 0.556. The Bertz CT molecular complexity index is 1810. The maximum Gasteiger partial charge on any atom is 0.317 e. The van der Waals surface area contributed by atoms with Crippen LogP contribution in [0.5, 0.6) is 23.0 Å². The molecule has 7 atom stereocenters. The summed E-state index contributed by atoms with van der Waals surface area (Å²) in [6.45, 7) is 9.63. The van der Waals surface area contributed by atoms with E-state index in [-0.39, 0.29) is 63.4 Å². The van der Waals surface area contributed by atoms with Crippen molar-refractivity contribution in [3.05, 3.63) is 84.5 Å². The average Bonchev–Trinajstić information content (AvgIpc) is 3.73. The second-order valence-electron chi connectivity index (χ2n) is 15.7. The number of aliphatic hydroxyl groups excluding tert-OH is 2. The van der Waals surface area contributed by atoms with E-state index in [1.807, 2.05) is 30.3 Å². The van der Waals surface area contributed by atoms with Gasteiger partial charge in [0, 0.05) is 51.1 Å². The van der Waals surface area contributed by atoms with E-state index in [4.69, 9.17) is 38.4 Å². The molecular weight excluding hydrogens is 743 g/mol. The Morgan fingerprint density at radius 1 is 1.00 bits per heavy atom. The molecule has 3 aliphatic heterocycles. The van der Waals surface area contributed by atoms with Gasteiger partial charge in [-0.3, -0.25) is 0 Å². The third kappa shape index (κ3) is 8.87. The molecule has 1 saturated heterocycles. The lowest BCUT2D eigenvalue weighted by atomic mass is 9.55. The summed E-state index contributed by atoms with van der Waals surface area (Å²) in [6, 6.07) is 10.6. The number of unbranched alkanes of at least 4 members (excludes halogenated alkanes) is 2. The van der Waals surface area contributed by atoms with Crippen LogP contribution in [-0.2, 0) is 20.9 Å². The molecule has 5 aliphatic rings. The summed E-state index contributed by atoms with van der Waals surface area (Å²) in [6.07, 6.45) is 13.0. The van der Waals surface area contributed by atoms with Crippen molar-refractivity contribution in [3.8, 4) is 23.0 Å². The first-order chi connectivity index (χ1) is 28.4. The highest BCUT2D eigenvalue weighted by atomic mass is 16.8. The van der Waals surface area contributed by atoms with Crippen LogP contribution in [0.1, 0.15) is 81.3 Å². The molecule has 13 nitrogen and oxygen atoms in total. The lowest BCUT2D eigenvalue weighted by Crippen LogP contribution is -2.70. The molecule has 0 radical (unpaired) electrons. The van der Waals surface area contributed by atoms with Crippen molar-refractivity contribution in [2.75, 3.05) is 46.9 Å². The van der Waals surface area contributed by atoms with E-state index >= 15 is 0 Å². The second-order valence-corrected chi connectivity index (χ2v) is 15.7. The Kier molecular flexibility index (Phi) is 14.0. The van der Waals surface area contributed by atoms with Gasteiger partial charge in [-0.25, -0.2) is 4.79 Å². The third-order valence-corrected chi connectivity index (χ3v) is 12.1. The summed E-state index contributed by atoms with van der Waals surface area (Å²) in [7, 11) is 1.77. The summed E-state index contributed by atoms with van der Waals surface area (Å²) in [5.74, 6) is 0.917. The number of fused-ring (bicyclic) bond motifs is 3. The Balaban J connectivity index is 1.34. The van der Waals surface area contributed by atoms with Gasteiger partial charge < -0.3 is 53.7 Å². The van der Waals surface area contributed by atoms with Gasteiger partial charge in [0.25, 0.3) is 0 Å². The molecule has 0 bridgehead atoms. The molecule has 2 aromatic carbocycles. The largest absolute Gasteiger partial charge is 0.490 e. The van der Waals surface area contributed by atoms with Gasteiger partial charge in [0.2, 0.25) is 18.9 Å². The van der Waals surface area contributed by atoms with Crippen LogP contribution in [0.3, 0.4) is 0 Å². The number of carbonyl (C=O) groups is 1. The fourth-order valence-corrected chi connectivity index (χ4v) is 9.38. The summed E-state index contributed by atoms with van der Waals surface area (Å²) in [5.41, 5.74) is 3.53. The van der Waals surface area contributed by atoms with E-state index in [9.17, 15) is 15.0 Å². The smallest absolute Gasteiger partial charge is 0.317 e. The molecule has 2 aliphatic carbocycles. The third-order valence-electron chi connectivity index (χ3n) is 12.1. The number of oxime groups is 1. The number of urea groups is 1. The number of likely N-dealkylation sites (N-methyl/N-ethyl adjacent to an activating group) is 1. The van der Waals surface area contributed by atoms with E-state index in [1.165, 1.54) is 0 Å². The van der Waals surface area contributed by atoms with Crippen molar-refractivity contribution in [2.24, 2.45) is 22.9 Å². The second kappa shape index (κ2) is 19.5. The van der Waals surface area contributed by atoms with Gasteiger partial charge >= 0.3 is 6.03 Å². The zero-order valence-electron chi connectivity index (χ0n) is 33.7. The molecule has 0 spiro atoms. The molecule has 58 heavy (non-hydrogen) atoms. The van der Waals surface area contributed by atoms with Crippen LogP contribution in [0.15, 0.2) is 78.5 Å². The number of ether oxygens (including phenoxy) is 6. The lowest BCUT2D eigenvalue weighted by molar-refractivity contribution is -0.252. The molecule has 3 heterocycles. The average molecular weight is 802 g/mol. The van der Waals surface area contributed by atoms with Crippen LogP contribution in [0, 0.1) is 17.8 Å². The van der Waals surface area contributed by atoms with Crippen molar-refractivity contribution in [1.29, 1.82) is 0 Å². The van der Waals surface area contributed by atoms with Crippen LogP contribution in [0.2, 0.25) is 0 Å². The first kappa shape index (κ1) is 41.6. The van der Waals surface area contributed by atoms with Crippen molar-refractivity contribution >= 4 is 11.7 Å². The van der Waals surface area contributed by atoms with E-state index in [2.05, 4.69) is 30.6 Å². The molecule has 3 N–H and O–H groups in total. The van der Waals surface area contributed by atoms with E-state index < -0.39 is 24.0 Å². The Morgan fingerprint density at radius 3 is 2.57 bits per heavy atom. The first-order valence-electron chi connectivity index (χ1n) is 20.9. The fourth-order valence-electron chi connectivity index (χ4n) is 9.38. The number of allylic oxidation sites excluding steroid dienone is 1. The van der Waals surface area contributed by atoms with Crippen LogP contribution in [0.4, 0.5) is 4.79 Å². The lowest BCUT2D eigenvalue weighted by Gasteiger charge is -2.59. The van der Waals surface area contributed by atoms with Crippen molar-refractivity contribution < 1.29 is 48.3 Å². The highest BCUT2D eigenvalue weighted by molar-refractivity contribution is 6.03. The predicted molar refractivity (Wildman–Crippen MR) is 218 cm³/mol. The Hall–Kier alpha value is -4.56. The minimum absolute atomic E-state index is 0.0933. The van der Waals surface area contributed by atoms with Gasteiger partial charge in [-0.1, -0.05) is 48.9 Å². The standard InChI is InChI=1S/C45H59N3O10/c1-4-21-52-32-16-18-37-35(26-32)42-33(13-7-10-20-50)31(12-6-9-19-49)25-34-36(47-58-41-14-8-11-23-53-41)27-40(45(57-37,43(34)42)56-22-5-2)48(3)44(51)46-28-30-15-17-38-39(24-30)55-29-54-38/h4-5,15-18,24-26,31,33,40-43,49-50H,1-2,6-14,19-23,27-29H2,3H3,(H,46,51)/t31-,33+,40-,41?,42+,43+,45+/m0/s1. The number of amides is 2. The molecule has 0 aromatic heterocycles. The number of carbonyl (C=O) groups excluding carboxylic acids is 1. The number of hydrogen-bond acceptors (Lipinski definition) is 11. The summed E-state index contributed by atoms with van der Waals surface area (Å²) < 4.78 is 37.3. The maximum absolute atomic E-state index is 14.4. The van der Waals surface area contributed by atoms with Gasteiger partial charge in [-0.2, -0.15) is 0 Å². The van der Waals surface area contributed by atoms with Gasteiger partial charge in [0.15, 0.2) is 11.5 Å². The van der Waals surface area contributed by atoms with Crippen LogP contribution < -0.4 is 24.3 Å². The van der Waals surface area contributed by atoms with Crippen molar-refractivity contribution in [2.45, 2.75) is 94.8 Å². The van der Waals surface area contributed by atoms with E-state index in [0.29, 0.717) is 49.1 Å². The predicted octanol–water partition coefficient (Wildman–Crippen LogP) is 6.98. The van der Waals surface area contributed by atoms with Crippen molar-refractivity contribution in [3.63, 3.8) is 0 Å². The monoisotopic (exact) mass is 801 g/mol. The van der Waals surface area contributed by atoms with Crippen LogP contribution in [-0.4, -0.2) is 91.8 Å². The van der Waals surface area contributed by atoms with Gasteiger partial charge in [-0.15, -0.1) is 6.58 Å². The molecule has 13 heteroatoms. The molecule has 314 valence electrons. The topological polar surface area (TPSA) is 150 Å². The molecule has 2 amide bonds. The van der Waals surface area contributed by atoms with Gasteiger partial charge in [0.1, 0.15) is 24.1 Å². The first-order valence-corrected chi connectivity index (χ1v) is 20.9. The number of aliphatic hydroxyl groups is 2. The maximum atomic E-state index is 14.4. The molecule has 1 saturated carbocycles. The number of benzene rings is 2. The van der Waals surface area contributed by atoms with Crippen LogP contribution in [0.25, 0.3) is 0 Å². The minimum Gasteiger partial charge on any atom is -0.490 e. The van der Waals surface area contributed by atoms with E-state index in [1.54, 1.807) is 24.1 Å². The van der Waals surface area contributed by atoms with Gasteiger partial charge in [-0.05, 0) is 91.8 Å². The number of rotatable bonds is 19. The summed E-state index contributed by atoms with van der Waals surface area (Å²) in [4.78, 5) is 22.3. The Morgan fingerprint density at radius 2 is 1.79 bits per heavy atom. The van der Waals surface area contributed by atoms with E-state index in [0.717, 1.165) is 67.4 Å². The number of nitrogens with zero attached hydrogens (tertiary/aromatic N) is 2. The minimum atomic E-state index is -1.36. The SMILES string of the molecule is C=CCOc1ccc2c(c1)[C@H]1[C@H](CCCCO)[C@@H](CCCCO)C=C3C(=NOC4CCCCO4)C[C@H](N(C)C(=O)NCc4ccc5c(c4)OCO5)[C@@](OCC=C)(O2)[C@H]31. The zero-order valence-corrected chi connectivity index (χ0v) is 33.7. The summed E-state index contributed by atoms with van der Waals surface area (Å²) >= 11 is 0. The molecular formula is C45H59N3O10. The van der Waals surface area contributed by atoms with Crippen molar-refractivity contribution in [1.82, 2.24) is 10.2 Å². The number of hydrogen-bond donors (Lipinski definition) is 3. The quantitative estimate of drug-likeness (QED) is 0.0772. The molecule has 2 fully saturated rings. The molecule has 7 rings (SSSR count). The zero-order chi connectivity index (χ0) is 40.5. The van der Waals surface area contributed by atoms with Crippen LogP contribution >= 0.6 is 0 Å². The highest BCUT2D eigenvalue weighted by Crippen LogP contribution is 2.61. The summed E-state index contributed by atoms with van der Waals surface area (Å²) in [5, 5.41) is 27.7. The Labute approximate surface area is 341 Å². The molecule has 2 aromatic rings. The highest BCUT2D eigenvalue weighted by Gasteiger charge is 2.65. The normalized spacial score (nSPS) is 27.4.